The standard InChI is InChI=1S/C19H20N2O3/c1-3-6-16-7-4-5-8-18(16)24-14-19(22)21-20-13-15-9-11-17(23-2)12-10-15/h3-5,7-13H,1,6,14H2,2H3,(H,21,22)/b20-13-. The fourth-order valence-electron chi connectivity index (χ4n) is 2.01. The molecule has 2 rings (SSSR count). The van der Waals surface area contributed by atoms with Crippen LogP contribution in [0.5, 0.6) is 11.5 Å². The molecule has 124 valence electrons. The molecule has 0 aliphatic carbocycles. The van der Waals surface area contributed by atoms with Crippen molar-refractivity contribution in [2.45, 2.75) is 6.42 Å². The molecule has 2 aromatic rings. The summed E-state index contributed by atoms with van der Waals surface area (Å²) in [6.07, 6.45) is 4.04. The number of ether oxygens (including phenoxy) is 2. The Morgan fingerprint density at radius 2 is 1.96 bits per heavy atom. The monoisotopic (exact) mass is 324 g/mol. The van der Waals surface area contributed by atoms with E-state index in [1.807, 2.05) is 48.5 Å². The van der Waals surface area contributed by atoms with E-state index in [2.05, 4.69) is 17.1 Å². The molecule has 0 aliphatic heterocycles. The van der Waals surface area contributed by atoms with Crippen molar-refractivity contribution >= 4 is 12.1 Å². The largest absolute Gasteiger partial charge is 0.497 e. The summed E-state index contributed by atoms with van der Waals surface area (Å²) in [5.74, 6) is 1.11. The Morgan fingerprint density at radius 3 is 2.67 bits per heavy atom. The Labute approximate surface area is 141 Å². The smallest absolute Gasteiger partial charge is 0.277 e. The van der Waals surface area contributed by atoms with Crippen molar-refractivity contribution in [2.24, 2.45) is 5.10 Å². The summed E-state index contributed by atoms with van der Waals surface area (Å²) >= 11 is 0. The summed E-state index contributed by atoms with van der Waals surface area (Å²) in [5, 5.41) is 3.91. The lowest BCUT2D eigenvalue weighted by Gasteiger charge is -2.09. The SMILES string of the molecule is C=CCc1ccccc1OCC(=O)N/N=C\c1ccc(OC)cc1. The molecule has 1 amide bonds. The number of nitrogens with one attached hydrogen (secondary N) is 1. The molecule has 0 bridgehead atoms. The third-order valence-corrected chi connectivity index (χ3v) is 3.21. The van der Waals surface area contributed by atoms with Crippen molar-refractivity contribution in [1.29, 1.82) is 0 Å². The first-order valence-electron chi connectivity index (χ1n) is 7.50. The summed E-state index contributed by atoms with van der Waals surface area (Å²) in [4.78, 5) is 11.8. The molecule has 0 saturated carbocycles. The number of allylic oxidation sites excluding steroid dienone is 1. The first-order valence-corrected chi connectivity index (χ1v) is 7.50. The van der Waals surface area contributed by atoms with Crippen LogP contribution < -0.4 is 14.9 Å². The lowest BCUT2D eigenvalue weighted by atomic mass is 10.1. The number of hydrogen-bond donors (Lipinski definition) is 1. The molecule has 5 heteroatoms. The molecular formula is C19H20N2O3. The molecule has 0 radical (unpaired) electrons. The van der Waals surface area contributed by atoms with Gasteiger partial charge in [-0.2, -0.15) is 5.10 Å². The lowest BCUT2D eigenvalue weighted by molar-refractivity contribution is -0.123. The minimum Gasteiger partial charge on any atom is -0.497 e. The second-order valence-electron chi connectivity index (χ2n) is 4.96. The van der Waals surface area contributed by atoms with Gasteiger partial charge in [-0.1, -0.05) is 24.3 Å². The number of para-hydroxylation sites is 1. The zero-order valence-electron chi connectivity index (χ0n) is 13.6. The molecule has 0 heterocycles. The number of nitrogens with zero attached hydrogens (tertiary/aromatic N) is 1. The van der Waals surface area contributed by atoms with Crippen LogP contribution in [-0.4, -0.2) is 25.8 Å². The Hall–Kier alpha value is -3.08. The fourth-order valence-corrected chi connectivity index (χ4v) is 2.01. The van der Waals surface area contributed by atoms with Crippen LogP contribution in [0, 0.1) is 0 Å². The normalized spacial score (nSPS) is 10.4. The van der Waals surface area contributed by atoms with Gasteiger partial charge in [-0.3, -0.25) is 4.79 Å². The van der Waals surface area contributed by atoms with Gasteiger partial charge >= 0.3 is 0 Å². The molecule has 0 aromatic heterocycles. The molecule has 2 aromatic carbocycles. The molecule has 0 unspecified atom stereocenters. The Kier molecular flexibility index (Phi) is 6.58. The van der Waals surface area contributed by atoms with Crippen molar-refractivity contribution in [1.82, 2.24) is 5.43 Å². The first-order chi connectivity index (χ1) is 11.7. The van der Waals surface area contributed by atoms with Gasteiger partial charge < -0.3 is 9.47 Å². The molecule has 1 N–H and O–H groups in total. The predicted molar refractivity (Wildman–Crippen MR) is 94.6 cm³/mol. The third kappa shape index (κ3) is 5.28. The average Bonchev–Trinajstić information content (AvgIpc) is 2.62. The van der Waals surface area contributed by atoms with E-state index in [-0.39, 0.29) is 12.5 Å². The van der Waals surface area contributed by atoms with Crippen molar-refractivity contribution in [3.05, 3.63) is 72.3 Å². The van der Waals surface area contributed by atoms with Crippen LogP contribution in [0.1, 0.15) is 11.1 Å². The molecule has 0 aliphatic rings. The second-order valence-corrected chi connectivity index (χ2v) is 4.96. The molecular weight excluding hydrogens is 304 g/mol. The molecule has 5 nitrogen and oxygen atoms in total. The quantitative estimate of drug-likeness (QED) is 0.461. The maximum atomic E-state index is 11.8. The maximum Gasteiger partial charge on any atom is 0.277 e. The maximum absolute atomic E-state index is 11.8. The lowest BCUT2D eigenvalue weighted by Crippen LogP contribution is -2.24. The summed E-state index contributed by atoms with van der Waals surface area (Å²) in [6, 6.07) is 14.9. The highest BCUT2D eigenvalue weighted by atomic mass is 16.5. The van der Waals surface area contributed by atoms with Crippen LogP contribution >= 0.6 is 0 Å². The van der Waals surface area contributed by atoms with E-state index in [0.29, 0.717) is 12.2 Å². The van der Waals surface area contributed by atoms with E-state index in [9.17, 15) is 4.79 Å². The Bertz CT molecular complexity index is 709. The van der Waals surface area contributed by atoms with E-state index in [1.165, 1.54) is 0 Å². The van der Waals surface area contributed by atoms with E-state index in [1.54, 1.807) is 19.4 Å². The van der Waals surface area contributed by atoms with Crippen molar-refractivity contribution in [3.8, 4) is 11.5 Å². The zero-order valence-corrected chi connectivity index (χ0v) is 13.6. The topological polar surface area (TPSA) is 59.9 Å². The summed E-state index contributed by atoms with van der Waals surface area (Å²) in [5.41, 5.74) is 4.28. The van der Waals surface area contributed by atoms with Gasteiger partial charge in [0.25, 0.3) is 5.91 Å². The van der Waals surface area contributed by atoms with E-state index in [0.717, 1.165) is 16.9 Å². The van der Waals surface area contributed by atoms with Crippen molar-refractivity contribution in [2.75, 3.05) is 13.7 Å². The Morgan fingerprint density at radius 1 is 1.21 bits per heavy atom. The zero-order chi connectivity index (χ0) is 17.2. The van der Waals surface area contributed by atoms with E-state index in [4.69, 9.17) is 9.47 Å². The van der Waals surface area contributed by atoms with Crippen molar-refractivity contribution < 1.29 is 14.3 Å². The number of carbonyl (C=O) groups is 1. The highest BCUT2D eigenvalue weighted by molar-refractivity contribution is 5.83. The predicted octanol–water partition coefficient (Wildman–Crippen LogP) is 2.95. The van der Waals surface area contributed by atoms with Crippen LogP contribution in [0.2, 0.25) is 0 Å². The summed E-state index contributed by atoms with van der Waals surface area (Å²) in [6.45, 7) is 3.61. The third-order valence-electron chi connectivity index (χ3n) is 3.21. The van der Waals surface area contributed by atoms with Gasteiger partial charge in [0.15, 0.2) is 6.61 Å². The number of amides is 1. The number of benzene rings is 2. The first kappa shape index (κ1) is 17.3. The highest BCUT2D eigenvalue weighted by Crippen LogP contribution is 2.18. The van der Waals surface area contributed by atoms with Gasteiger partial charge in [0.1, 0.15) is 11.5 Å². The van der Waals surface area contributed by atoms with Gasteiger partial charge in [0.05, 0.1) is 13.3 Å². The van der Waals surface area contributed by atoms with Gasteiger partial charge in [0, 0.05) is 0 Å². The minimum absolute atomic E-state index is 0.103. The number of rotatable bonds is 8. The molecule has 0 atom stereocenters. The highest BCUT2D eigenvalue weighted by Gasteiger charge is 2.05. The molecule has 24 heavy (non-hydrogen) atoms. The van der Waals surface area contributed by atoms with Gasteiger partial charge in [-0.15, -0.1) is 6.58 Å². The molecule has 0 saturated heterocycles. The van der Waals surface area contributed by atoms with Gasteiger partial charge in [0.2, 0.25) is 0 Å². The second kappa shape index (κ2) is 9.15. The van der Waals surface area contributed by atoms with Crippen LogP contribution in [0.25, 0.3) is 0 Å². The summed E-state index contributed by atoms with van der Waals surface area (Å²) in [7, 11) is 1.61. The van der Waals surface area contributed by atoms with Gasteiger partial charge in [-0.25, -0.2) is 5.43 Å². The Balaban J connectivity index is 1.83. The van der Waals surface area contributed by atoms with Crippen LogP contribution in [0.3, 0.4) is 0 Å². The van der Waals surface area contributed by atoms with Crippen LogP contribution in [0.4, 0.5) is 0 Å². The van der Waals surface area contributed by atoms with Crippen molar-refractivity contribution in [3.63, 3.8) is 0 Å². The molecule has 0 fully saturated rings. The fraction of sp³-hybridized carbons (Fsp3) is 0.158. The molecule has 0 spiro atoms. The number of methoxy groups -OCH3 is 1. The van der Waals surface area contributed by atoms with Crippen LogP contribution in [-0.2, 0) is 11.2 Å². The van der Waals surface area contributed by atoms with Crippen LogP contribution in [0.15, 0.2) is 66.3 Å². The minimum atomic E-state index is -0.326. The number of hydrogen-bond acceptors (Lipinski definition) is 4. The number of hydrazone groups is 1. The number of carbonyl (C=O) groups excluding carboxylic acids is 1. The average molecular weight is 324 g/mol. The van der Waals surface area contributed by atoms with E-state index >= 15 is 0 Å². The van der Waals surface area contributed by atoms with Gasteiger partial charge in [-0.05, 0) is 47.9 Å². The van der Waals surface area contributed by atoms with E-state index < -0.39 is 0 Å². The summed E-state index contributed by atoms with van der Waals surface area (Å²) < 4.78 is 10.6.